The van der Waals surface area contributed by atoms with Crippen molar-refractivity contribution in [1.82, 2.24) is 5.32 Å². The Labute approximate surface area is 84.6 Å². The van der Waals surface area contributed by atoms with Gasteiger partial charge in [0, 0.05) is 12.3 Å². The first-order chi connectivity index (χ1) is 5.95. The van der Waals surface area contributed by atoms with Crippen LogP contribution in [0.5, 0.6) is 0 Å². The second kappa shape index (κ2) is 6.27. The molecule has 0 aliphatic rings. The van der Waals surface area contributed by atoms with Gasteiger partial charge in [-0.15, -0.1) is 0 Å². The SMILES string of the molecule is CSCCNC(=O)COC(C)(C)C. The maximum Gasteiger partial charge on any atom is 0.246 e. The first kappa shape index (κ1) is 12.8. The van der Waals surface area contributed by atoms with E-state index in [1.54, 1.807) is 11.8 Å². The fraction of sp³-hybridized carbons (Fsp3) is 0.889. The van der Waals surface area contributed by atoms with E-state index in [0.717, 1.165) is 5.75 Å². The molecule has 0 bridgehead atoms. The zero-order valence-corrected chi connectivity index (χ0v) is 9.66. The van der Waals surface area contributed by atoms with Crippen LogP contribution in [0.1, 0.15) is 20.8 Å². The van der Waals surface area contributed by atoms with Gasteiger partial charge in [-0.2, -0.15) is 11.8 Å². The van der Waals surface area contributed by atoms with Gasteiger partial charge in [-0.3, -0.25) is 4.79 Å². The average Bonchev–Trinajstić information content (AvgIpc) is 2.00. The molecule has 0 heterocycles. The highest BCUT2D eigenvalue weighted by atomic mass is 32.2. The molecule has 4 heteroatoms. The van der Waals surface area contributed by atoms with Crippen LogP contribution >= 0.6 is 11.8 Å². The summed E-state index contributed by atoms with van der Waals surface area (Å²) >= 11 is 1.71. The molecular formula is C9H19NO2S. The number of nitrogens with one attached hydrogen (secondary N) is 1. The van der Waals surface area contributed by atoms with E-state index in [2.05, 4.69) is 5.32 Å². The van der Waals surface area contributed by atoms with Crippen LogP contribution in [0.15, 0.2) is 0 Å². The predicted molar refractivity (Wildman–Crippen MR) is 57.1 cm³/mol. The molecule has 0 unspecified atom stereocenters. The van der Waals surface area contributed by atoms with Gasteiger partial charge < -0.3 is 10.1 Å². The Hall–Kier alpha value is -0.220. The molecule has 0 rings (SSSR count). The van der Waals surface area contributed by atoms with Gasteiger partial charge in [0.1, 0.15) is 6.61 Å². The molecule has 0 aromatic heterocycles. The van der Waals surface area contributed by atoms with E-state index in [0.29, 0.717) is 6.54 Å². The van der Waals surface area contributed by atoms with Crippen LogP contribution in [0, 0.1) is 0 Å². The van der Waals surface area contributed by atoms with E-state index in [1.807, 2.05) is 27.0 Å². The van der Waals surface area contributed by atoms with Gasteiger partial charge in [-0.25, -0.2) is 0 Å². The monoisotopic (exact) mass is 205 g/mol. The highest BCUT2D eigenvalue weighted by Gasteiger charge is 2.12. The lowest BCUT2D eigenvalue weighted by Crippen LogP contribution is -2.33. The lowest BCUT2D eigenvalue weighted by atomic mass is 10.2. The van der Waals surface area contributed by atoms with Crippen LogP contribution < -0.4 is 5.32 Å². The van der Waals surface area contributed by atoms with Gasteiger partial charge in [0.15, 0.2) is 0 Å². The van der Waals surface area contributed by atoms with E-state index < -0.39 is 0 Å². The van der Waals surface area contributed by atoms with Crippen LogP contribution in [-0.2, 0) is 9.53 Å². The Kier molecular flexibility index (Phi) is 6.16. The van der Waals surface area contributed by atoms with Gasteiger partial charge in [-0.05, 0) is 27.0 Å². The van der Waals surface area contributed by atoms with Gasteiger partial charge in [-0.1, -0.05) is 0 Å². The topological polar surface area (TPSA) is 38.3 Å². The molecule has 1 amide bonds. The summed E-state index contributed by atoms with van der Waals surface area (Å²) < 4.78 is 5.30. The quantitative estimate of drug-likeness (QED) is 0.687. The Balaban J connectivity index is 3.41. The highest BCUT2D eigenvalue weighted by Crippen LogP contribution is 2.05. The molecule has 0 aliphatic heterocycles. The minimum atomic E-state index is -0.239. The smallest absolute Gasteiger partial charge is 0.246 e. The number of thioether (sulfide) groups is 1. The molecule has 13 heavy (non-hydrogen) atoms. The number of ether oxygens (including phenoxy) is 1. The largest absolute Gasteiger partial charge is 0.366 e. The minimum Gasteiger partial charge on any atom is -0.366 e. The molecule has 0 radical (unpaired) electrons. The van der Waals surface area contributed by atoms with E-state index in [1.165, 1.54) is 0 Å². The molecule has 0 aromatic rings. The molecule has 0 aliphatic carbocycles. The maximum atomic E-state index is 11.1. The lowest BCUT2D eigenvalue weighted by molar-refractivity contribution is -0.130. The standard InChI is InChI=1S/C9H19NO2S/c1-9(2,3)12-7-8(11)10-5-6-13-4/h5-7H2,1-4H3,(H,10,11). The zero-order valence-electron chi connectivity index (χ0n) is 8.85. The summed E-state index contributed by atoms with van der Waals surface area (Å²) in [6, 6.07) is 0. The molecule has 0 aromatic carbocycles. The van der Waals surface area contributed by atoms with Gasteiger partial charge in [0.05, 0.1) is 5.60 Å². The van der Waals surface area contributed by atoms with E-state index in [9.17, 15) is 4.79 Å². The van der Waals surface area contributed by atoms with Gasteiger partial charge in [0.25, 0.3) is 0 Å². The summed E-state index contributed by atoms with van der Waals surface area (Å²) in [6.45, 7) is 6.66. The zero-order chi connectivity index (χ0) is 10.3. The van der Waals surface area contributed by atoms with Crippen LogP contribution in [0.25, 0.3) is 0 Å². The summed E-state index contributed by atoms with van der Waals surface area (Å²) in [5.41, 5.74) is -0.239. The summed E-state index contributed by atoms with van der Waals surface area (Å²) in [5, 5.41) is 2.77. The van der Waals surface area contributed by atoms with Crippen LogP contribution in [0.4, 0.5) is 0 Å². The Morgan fingerprint density at radius 2 is 2.08 bits per heavy atom. The maximum absolute atomic E-state index is 11.1. The van der Waals surface area contributed by atoms with Crippen molar-refractivity contribution in [2.75, 3.05) is 25.2 Å². The fourth-order valence-corrected chi connectivity index (χ4v) is 0.932. The first-order valence-electron chi connectivity index (χ1n) is 4.35. The first-order valence-corrected chi connectivity index (χ1v) is 5.74. The minimum absolute atomic E-state index is 0.0380. The summed E-state index contributed by atoms with van der Waals surface area (Å²) in [7, 11) is 0. The highest BCUT2D eigenvalue weighted by molar-refractivity contribution is 7.98. The summed E-state index contributed by atoms with van der Waals surface area (Å²) in [6.07, 6.45) is 2.01. The van der Waals surface area contributed by atoms with Crippen molar-refractivity contribution in [3.8, 4) is 0 Å². The van der Waals surface area contributed by atoms with E-state index >= 15 is 0 Å². The van der Waals surface area contributed by atoms with Crippen molar-refractivity contribution >= 4 is 17.7 Å². The molecule has 0 fully saturated rings. The fourth-order valence-electron chi connectivity index (χ4n) is 0.626. The van der Waals surface area contributed by atoms with Crippen LogP contribution in [0.3, 0.4) is 0 Å². The van der Waals surface area contributed by atoms with Crippen molar-refractivity contribution < 1.29 is 9.53 Å². The Morgan fingerprint density at radius 1 is 1.46 bits per heavy atom. The Morgan fingerprint density at radius 3 is 2.54 bits per heavy atom. The molecular weight excluding hydrogens is 186 g/mol. The third kappa shape index (κ3) is 9.70. The average molecular weight is 205 g/mol. The number of carbonyl (C=O) groups excluding carboxylic acids is 1. The molecule has 0 saturated heterocycles. The van der Waals surface area contributed by atoms with Crippen molar-refractivity contribution in [2.45, 2.75) is 26.4 Å². The number of rotatable bonds is 5. The Bertz CT molecular complexity index is 154. The molecule has 0 spiro atoms. The molecule has 0 atom stereocenters. The molecule has 0 saturated carbocycles. The van der Waals surface area contributed by atoms with Gasteiger partial charge in [0.2, 0.25) is 5.91 Å². The predicted octanol–water partition coefficient (Wildman–Crippen LogP) is 1.28. The van der Waals surface area contributed by atoms with Gasteiger partial charge >= 0.3 is 0 Å². The van der Waals surface area contributed by atoms with Crippen molar-refractivity contribution in [3.05, 3.63) is 0 Å². The van der Waals surface area contributed by atoms with Crippen molar-refractivity contribution in [1.29, 1.82) is 0 Å². The summed E-state index contributed by atoms with van der Waals surface area (Å²) in [4.78, 5) is 11.1. The van der Waals surface area contributed by atoms with E-state index in [-0.39, 0.29) is 18.1 Å². The number of hydrogen-bond acceptors (Lipinski definition) is 3. The van der Waals surface area contributed by atoms with Crippen LogP contribution in [-0.4, -0.2) is 36.7 Å². The number of hydrogen-bond donors (Lipinski definition) is 1. The normalized spacial score (nSPS) is 11.4. The molecule has 78 valence electrons. The van der Waals surface area contributed by atoms with Crippen LogP contribution in [0.2, 0.25) is 0 Å². The summed E-state index contributed by atoms with van der Waals surface area (Å²) in [5.74, 6) is 0.908. The third-order valence-corrected chi connectivity index (χ3v) is 1.88. The second-order valence-electron chi connectivity index (χ2n) is 3.74. The van der Waals surface area contributed by atoms with Crippen molar-refractivity contribution in [2.24, 2.45) is 0 Å². The third-order valence-electron chi connectivity index (χ3n) is 1.26. The second-order valence-corrected chi connectivity index (χ2v) is 4.73. The van der Waals surface area contributed by atoms with Crippen molar-refractivity contribution in [3.63, 3.8) is 0 Å². The number of amides is 1. The molecule has 1 N–H and O–H groups in total. The number of carbonyl (C=O) groups is 1. The lowest BCUT2D eigenvalue weighted by Gasteiger charge is -2.18. The molecule has 3 nitrogen and oxygen atoms in total. The van der Waals surface area contributed by atoms with E-state index in [4.69, 9.17) is 4.74 Å².